The molecule has 1 fully saturated rings. The minimum Gasteiger partial charge on any atom is -0.465 e. The molecular formula is C20H24N4O2. The topological polar surface area (TPSA) is 67.4 Å². The molecule has 0 spiro atoms. The van der Waals surface area contributed by atoms with E-state index in [0.717, 1.165) is 43.5 Å². The fourth-order valence-electron chi connectivity index (χ4n) is 3.43. The van der Waals surface area contributed by atoms with Crippen LogP contribution in [0.15, 0.2) is 24.3 Å². The quantitative estimate of drug-likeness (QED) is 0.834. The lowest BCUT2D eigenvalue weighted by Gasteiger charge is -2.30. The van der Waals surface area contributed by atoms with E-state index in [4.69, 9.17) is 9.72 Å². The summed E-state index contributed by atoms with van der Waals surface area (Å²) in [7, 11) is 1.41. The van der Waals surface area contributed by atoms with E-state index in [1.807, 2.05) is 18.2 Å². The highest BCUT2D eigenvalue weighted by Gasteiger charge is 2.27. The zero-order chi connectivity index (χ0) is 18.1. The van der Waals surface area contributed by atoms with E-state index >= 15 is 0 Å². The van der Waals surface area contributed by atoms with Crippen LogP contribution in [-0.2, 0) is 17.7 Å². The molecule has 4 rings (SSSR count). The Hall–Kier alpha value is -2.63. The molecule has 1 N–H and O–H groups in total. The number of carbonyl (C=O) groups is 1. The van der Waals surface area contributed by atoms with Crippen LogP contribution in [0, 0.1) is 0 Å². The second-order valence-corrected chi connectivity index (χ2v) is 6.93. The Morgan fingerprint density at radius 3 is 2.85 bits per heavy atom. The average Bonchev–Trinajstić information content (AvgIpc) is 3.52. The zero-order valence-corrected chi connectivity index (χ0v) is 15.3. The standard InChI is InChI=1S/C20H24N4O2/c1-3-21-20-22-17(13-4-5-13)11-18(23-20)24-9-8-14-10-15(19(25)26-2)6-7-16(14)12-24/h6-7,10-11,13H,3-5,8-9,12H2,1-2H3,(H,21,22,23). The minimum absolute atomic E-state index is 0.282. The summed E-state index contributed by atoms with van der Waals surface area (Å²) in [5, 5.41) is 3.26. The highest BCUT2D eigenvalue weighted by atomic mass is 16.5. The van der Waals surface area contributed by atoms with Crippen molar-refractivity contribution >= 4 is 17.7 Å². The van der Waals surface area contributed by atoms with Gasteiger partial charge in [-0.2, -0.15) is 4.98 Å². The first-order valence-electron chi connectivity index (χ1n) is 9.26. The molecule has 0 bridgehead atoms. The van der Waals surface area contributed by atoms with Gasteiger partial charge in [0.25, 0.3) is 0 Å². The summed E-state index contributed by atoms with van der Waals surface area (Å²) in [6.45, 7) is 4.54. The maximum Gasteiger partial charge on any atom is 0.337 e. The van der Waals surface area contributed by atoms with E-state index in [-0.39, 0.29) is 5.97 Å². The summed E-state index contributed by atoms with van der Waals surface area (Å²) in [6.07, 6.45) is 3.34. The normalized spacial score (nSPS) is 16.2. The maximum absolute atomic E-state index is 11.7. The molecule has 0 amide bonds. The molecule has 1 saturated carbocycles. The van der Waals surface area contributed by atoms with Crippen LogP contribution in [0.2, 0.25) is 0 Å². The van der Waals surface area contributed by atoms with Crippen molar-refractivity contribution in [3.63, 3.8) is 0 Å². The maximum atomic E-state index is 11.7. The van der Waals surface area contributed by atoms with E-state index in [1.54, 1.807) is 0 Å². The molecule has 1 aromatic heterocycles. The van der Waals surface area contributed by atoms with Crippen molar-refractivity contribution < 1.29 is 9.53 Å². The van der Waals surface area contributed by atoms with E-state index in [2.05, 4.69) is 28.2 Å². The van der Waals surface area contributed by atoms with Crippen molar-refractivity contribution in [2.75, 3.05) is 30.4 Å². The molecule has 2 aromatic rings. The monoisotopic (exact) mass is 352 g/mol. The van der Waals surface area contributed by atoms with Crippen LogP contribution < -0.4 is 10.2 Å². The van der Waals surface area contributed by atoms with Crippen LogP contribution in [0.3, 0.4) is 0 Å². The number of ether oxygens (including phenoxy) is 1. The summed E-state index contributed by atoms with van der Waals surface area (Å²) < 4.78 is 4.82. The third-order valence-corrected chi connectivity index (χ3v) is 5.03. The predicted octanol–water partition coefficient (Wildman–Crippen LogP) is 3.14. The minimum atomic E-state index is -0.282. The second kappa shape index (κ2) is 6.94. The third-order valence-electron chi connectivity index (χ3n) is 5.03. The van der Waals surface area contributed by atoms with Crippen LogP contribution in [0.4, 0.5) is 11.8 Å². The Kier molecular flexibility index (Phi) is 4.49. The van der Waals surface area contributed by atoms with E-state index in [9.17, 15) is 4.79 Å². The molecule has 0 unspecified atom stereocenters. The molecule has 0 radical (unpaired) electrons. The van der Waals surface area contributed by atoms with Gasteiger partial charge in [0.15, 0.2) is 0 Å². The van der Waals surface area contributed by atoms with Gasteiger partial charge in [-0.05, 0) is 49.4 Å². The summed E-state index contributed by atoms with van der Waals surface area (Å²) >= 11 is 0. The fourth-order valence-corrected chi connectivity index (χ4v) is 3.43. The van der Waals surface area contributed by atoms with Crippen molar-refractivity contribution in [2.45, 2.75) is 38.6 Å². The molecular weight excluding hydrogens is 328 g/mol. The van der Waals surface area contributed by atoms with Crippen molar-refractivity contribution in [1.29, 1.82) is 0 Å². The van der Waals surface area contributed by atoms with Gasteiger partial charge in [0.1, 0.15) is 5.82 Å². The van der Waals surface area contributed by atoms with Crippen molar-refractivity contribution in [3.8, 4) is 0 Å². The lowest BCUT2D eigenvalue weighted by Crippen LogP contribution is -2.31. The Morgan fingerprint density at radius 2 is 2.12 bits per heavy atom. The number of anilines is 2. The Balaban J connectivity index is 1.59. The predicted molar refractivity (Wildman–Crippen MR) is 101 cm³/mol. The number of benzene rings is 1. The zero-order valence-electron chi connectivity index (χ0n) is 15.3. The molecule has 0 atom stereocenters. The van der Waals surface area contributed by atoms with Crippen LogP contribution in [0.5, 0.6) is 0 Å². The van der Waals surface area contributed by atoms with Gasteiger partial charge in [0.05, 0.1) is 18.4 Å². The summed E-state index contributed by atoms with van der Waals surface area (Å²) in [4.78, 5) is 23.4. The smallest absolute Gasteiger partial charge is 0.337 e. The Labute approximate surface area is 153 Å². The van der Waals surface area contributed by atoms with Gasteiger partial charge in [-0.3, -0.25) is 0 Å². The van der Waals surface area contributed by atoms with Crippen LogP contribution in [0.1, 0.15) is 52.9 Å². The number of carbonyl (C=O) groups excluding carboxylic acids is 1. The molecule has 1 aromatic carbocycles. The molecule has 2 heterocycles. The fraction of sp³-hybridized carbons (Fsp3) is 0.450. The van der Waals surface area contributed by atoms with E-state index in [0.29, 0.717) is 11.5 Å². The SMILES string of the molecule is CCNc1nc(C2CC2)cc(N2CCc3cc(C(=O)OC)ccc3C2)n1. The first kappa shape index (κ1) is 16.8. The van der Waals surface area contributed by atoms with Crippen molar-refractivity contribution in [3.05, 3.63) is 46.6 Å². The van der Waals surface area contributed by atoms with Crippen LogP contribution in [0.25, 0.3) is 0 Å². The summed E-state index contributed by atoms with van der Waals surface area (Å²) in [5.41, 5.74) is 4.22. The van der Waals surface area contributed by atoms with Crippen LogP contribution >= 0.6 is 0 Å². The number of aromatic nitrogens is 2. The van der Waals surface area contributed by atoms with E-state index < -0.39 is 0 Å². The van der Waals surface area contributed by atoms with Gasteiger partial charge in [-0.1, -0.05) is 6.07 Å². The molecule has 6 heteroatoms. The molecule has 26 heavy (non-hydrogen) atoms. The Bertz CT molecular complexity index is 833. The highest BCUT2D eigenvalue weighted by molar-refractivity contribution is 5.89. The lowest BCUT2D eigenvalue weighted by atomic mass is 9.97. The number of nitrogens with zero attached hydrogens (tertiary/aromatic N) is 3. The molecule has 0 saturated heterocycles. The molecule has 2 aliphatic rings. The molecule has 1 aliphatic carbocycles. The number of hydrogen-bond donors (Lipinski definition) is 1. The van der Waals surface area contributed by atoms with E-state index in [1.165, 1.54) is 31.1 Å². The number of esters is 1. The number of hydrogen-bond acceptors (Lipinski definition) is 6. The van der Waals surface area contributed by atoms with Gasteiger partial charge in [0.2, 0.25) is 5.95 Å². The number of methoxy groups -OCH3 is 1. The summed E-state index contributed by atoms with van der Waals surface area (Å²) in [5.74, 6) is 2.02. The average molecular weight is 352 g/mol. The highest BCUT2D eigenvalue weighted by Crippen LogP contribution is 2.40. The largest absolute Gasteiger partial charge is 0.465 e. The third kappa shape index (κ3) is 3.36. The molecule has 1 aliphatic heterocycles. The molecule has 136 valence electrons. The Morgan fingerprint density at radius 1 is 1.27 bits per heavy atom. The van der Waals surface area contributed by atoms with Crippen molar-refractivity contribution in [2.24, 2.45) is 0 Å². The van der Waals surface area contributed by atoms with Gasteiger partial charge < -0.3 is 15.0 Å². The second-order valence-electron chi connectivity index (χ2n) is 6.93. The number of rotatable bonds is 5. The lowest BCUT2D eigenvalue weighted by molar-refractivity contribution is 0.0600. The van der Waals surface area contributed by atoms with Gasteiger partial charge in [0, 0.05) is 31.6 Å². The first-order valence-corrected chi connectivity index (χ1v) is 9.26. The van der Waals surface area contributed by atoms with Crippen molar-refractivity contribution in [1.82, 2.24) is 9.97 Å². The van der Waals surface area contributed by atoms with Gasteiger partial charge in [-0.25, -0.2) is 9.78 Å². The first-order chi connectivity index (χ1) is 12.7. The number of nitrogens with one attached hydrogen (secondary N) is 1. The molecule has 6 nitrogen and oxygen atoms in total. The van der Waals surface area contributed by atoms with Gasteiger partial charge in [-0.15, -0.1) is 0 Å². The van der Waals surface area contributed by atoms with Gasteiger partial charge >= 0.3 is 5.97 Å². The number of fused-ring (bicyclic) bond motifs is 1. The summed E-state index contributed by atoms with van der Waals surface area (Å²) in [6, 6.07) is 7.97. The van der Waals surface area contributed by atoms with Crippen LogP contribution in [-0.4, -0.2) is 36.1 Å².